The average molecular weight is 359 g/mol. The molecular formula is C16H26N2O3S2. The van der Waals surface area contributed by atoms with Gasteiger partial charge in [-0.2, -0.15) is 0 Å². The van der Waals surface area contributed by atoms with Crippen molar-refractivity contribution in [3.8, 4) is 0 Å². The number of nitrogens with zero attached hydrogens (tertiary/aromatic N) is 2. The van der Waals surface area contributed by atoms with Crippen LogP contribution in [0.25, 0.3) is 0 Å². The Bertz CT molecular complexity index is 636. The minimum atomic E-state index is -3.07. The number of likely N-dealkylation sites (tertiary alicyclic amines) is 1. The third-order valence-corrected chi connectivity index (χ3v) is 7.71. The number of aryl methyl sites for hydroxylation is 1. The van der Waals surface area contributed by atoms with Crippen LogP contribution in [0.3, 0.4) is 0 Å². The summed E-state index contributed by atoms with van der Waals surface area (Å²) in [6.07, 6.45) is 3.67. The van der Waals surface area contributed by atoms with E-state index in [2.05, 4.69) is 23.3 Å². The molecule has 0 bridgehead atoms. The Hall–Kier alpha value is -0.470. The molecule has 7 heteroatoms. The van der Waals surface area contributed by atoms with Crippen LogP contribution >= 0.6 is 11.3 Å². The third kappa shape index (κ3) is 3.79. The van der Waals surface area contributed by atoms with Crippen LogP contribution in [-0.2, 0) is 10.0 Å². The Labute approximate surface area is 143 Å². The standard InChI is InChI=1S/C16H26N2O3S2/c1-12-6-10-22-16(12)14-5-7-17(11-15(14)19)13-3-8-18(9-4-13)23(2,20)21/h6,10,13-15,19H,3-5,7-9,11H2,1-2H3/t14-,15-/m1/s1. The van der Waals surface area contributed by atoms with Gasteiger partial charge >= 0.3 is 0 Å². The van der Waals surface area contributed by atoms with Crippen LogP contribution < -0.4 is 0 Å². The lowest BCUT2D eigenvalue weighted by Gasteiger charge is -2.43. The Balaban J connectivity index is 1.58. The van der Waals surface area contributed by atoms with Gasteiger partial charge in [-0.15, -0.1) is 11.3 Å². The molecule has 2 aliphatic rings. The maximum absolute atomic E-state index is 11.6. The van der Waals surface area contributed by atoms with E-state index in [4.69, 9.17) is 0 Å². The highest BCUT2D eigenvalue weighted by Gasteiger charge is 2.35. The fraction of sp³-hybridized carbons (Fsp3) is 0.750. The van der Waals surface area contributed by atoms with Crippen molar-refractivity contribution in [1.82, 2.24) is 9.21 Å². The van der Waals surface area contributed by atoms with Gasteiger partial charge in [0.2, 0.25) is 10.0 Å². The lowest BCUT2D eigenvalue weighted by molar-refractivity contribution is 0.0186. The normalized spacial score (nSPS) is 29.0. The van der Waals surface area contributed by atoms with Crippen LogP contribution in [-0.4, -0.2) is 67.3 Å². The van der Waals surface area contributed by atoms with Crippen LogP contribution in [0.5, 0.6) is 0 Å². The molecule has 2 saturated heterocycles. The molecule has 1 N–H and O–H groups in total. The summed E-state index contributed by atoms with van der Waals surface area (Å²) in [5, 5.41) is 12.7. The van der Waals surface area contributed by atoms with Crippen LogP contribution in [0.1, 0.15) is 35.6 Å². The van der Waals surface area contributed by atoms with E-state index in [1.54, 1.807) is 15.6 Å². The van der Waals surface area contributed by atoms with Gasteiger partial charge in [0, 0.05) is 36.5 Å². The Morgan fingerprint density at radius 3 is 2.43 bits per heavy atom. The highest BCUT2D eigenvalue weighted by molar-refractivity contribution is 7.88. The van der Waals surface area contributed by atoms with Crippen molar-refractivity contribution in [1.29, 1.82) is 0 Å². The maximum atomic E-state index is 11.6. The fourth-order valence-corrected chi connectivity index (χ4v) is 5.89. The molecule has 0 spiro atoms. The zero-order valence-electron chi connectivity index (χ0n) is 13.8. The van der Waals surface area contributed by atoms with Gasteiger partial charge in [-0.3, -0.25) is 4.90 Å². The molecule has 23 heavy (non-hydrogen) atoms. The fourth-order valence-electron chi connectivity index (χ4n) is 3.90. The molecule has 5 nitrogen and oxygen atoms in total. The van der Waals surface area contributed by atoms with Crippen molar-refractivity contribution in [2.24, 2.45) is 0 Å². The van der Waals surface area contributed by atoms with E-state index in [0.717, 1.165) is 25.8 Å². The summed E-state index contributed by atoms with van der Waals surface area (Å²) in [5.74, 6) is 0.252. The Morgan fingerprint density at radius 2 is 1.91 bits per heavy atom. The van der Waals surface area contributed by atoms with Crippen LogP contribution in [0.2, 0.25) is 0 Å². The summed E-state index contributed by atoms with van der Waals surface area (Å²) >= 11 is 1.75. The molecule has 3 rings (SSSR count). The number of sulfonamides is 1. The molecule has 2 aliphatic heterocycles. The molecule has 0 radical (unpaired) electrons. The molecule has 0 aromatic carbocycles. The van der Waals surface area contributed by atoms with Gasteiger partial charge in [-0.05, 0) is 49.7 Å². The smallest absolute Gasteiger partial charge is 0.211 e. The average Bonchev–Trinajstić information content (AvgIpc) is 2.92. The van der Waals surface area contributed by atoms with Crippen molar-refractivity contribution in [2.75, 3.05) is 32.4 Å². The summed E-state index contributed by atoms with van der Waals surface area (Å²) in [4.78, 5) is 3.69. The number of aliphatic hydroxyl groups excluding tert-OH is 1. The minimum absolute atomic E-state index is 0.252. The first kappa shape index (κ1) is 17.4. The zero-order valence-corrected chi connectivity index (χ0v) is 15.4. The molecule has 0 unspecified atom stereocenters. The van der Waals surface area contributed by atoms with Crippen molar-refractivity contribution in [3.05, 3.63) is 21.9 Å². The summed E-state index contributed by atoms with van der Waals surface area (Å²) in [7, 11) is -3.07. The van der Waals surface area contributed by atoms with Gasteiger partial charge in [0.1, 0.15) is 0 Å². The van der Waals surface area contributed by atoms with E-state index in [-0.39, 0.29) is 12.0 Å². The largest absolute Gasteiger partial charge is 0.391 e. The second kappa shape index (κ2) is 6.80. The first-order valence-electron chi connectivity index (χ1n) is 8.27. The third-order valence-electron chi connectivity index (χ3n) is 5.26. The van der Waals surface area contributed by atoms with Crippen molar-refractivity contribution in [3.63, 3.8) is 0 Å². The SMILES string of the molecule is Cc1ccsc1[C@@H]1CCN(C2CCN(S(C)(=O)=O)CC2)C[C@H]1O. The van der Waals surface area contributed by atoms with E-state index in [1.165, 1.54) is 16.7 Å². The summed E-state index contributed by atoms with van der Waals surface area (Å²) < 4.78 is 24.8. The van der Waals surface area contributed by atoms with Crippen molar-refractivity contribution < 1.29 is 13.5 Å². The summed E-state index contributed by atoms with van der Waals surface area (Å²) in [6.45, 7) is 5.01. The highest BCUT2D eigenvalue weighted by Crippen LogP contribution is 2.35. The topological polar surface area (TPSA) is 60.9 Å². The predicted molar refractivity (Wildman–Crippen MR) is 93.4 cm³/mol. The minimum Gasteiger partial charge on any atom is -0.391 e. The van der Waals surface area contributed by atoms with Crippen LogP contribution in [0.15, 0.2) is 11.4 Å². The summed E-state index contributed by atoms with van der Waals surface area (Å²) in [6, 6.07) is 2.52. The first-order valence-corrected chi connectivity index (χ1v) is 11.0. The number of rotatable bonds is 3. The second-order valence-electron chi connectivity index (χ2n) is 6.82. The molecule has 1 aromatic heterocycles. The summed E-state index contributed by atoms with van der Waals surface area (Å²) in [5.41, 5.74) is 1.29. The van der Waals surface area contributed by atoms with Gasteiger partial charge in [-0.25, -0.2) is 12.7 Å². The number of hydrogen-bond donors (Lipinski definition) is 1. The Kier molecular flexibility index (Phi) is 5.13. The molecule has 1 aromatic rings. The monoisotopic (exact) mass is 358 g/mol. The van der Waals surface area contributed by atoms with E-state index in [9.17, 15) is 13.5 Å². The molecule has 2 fully saturated rings. The number of aliphatic hydroxyl groups is 1. The van der Waals surface area contributed by atoms with Gasteiger partial charge in [0.25, 0.3) is 0 Å². The van der Waals surface area contributed by atoms with Gasteiger partial charge < -0.3 is 5.11 Å². The number of hydrogen-bond acceptors (Lipinski definition) is 5. The molecule has 2 atom stereocenters. The van der Waals surface area contributed by atoms with Crippen LogP contribution in [0.4, 0.5) is 0 Å². The first-order chi connectivity index (χ1) is 10.9. The highest BCUT2D eigenvalue weighted by atomic mass is 32.2. The van der Waals surface area contributed by atoms with E-state index in [1.807, 2.05) is 0 Å². The molecule has 0 amide bonds. The number of β-amino-alcohol motifs (C(OH)–C–C–N with tert-alkyl or cyclic N) is 1. The zero-order chi connectivity index (χ0) is 16.6. The van der Waals surface area contributed by atoms with E-state index in [0.29, 0.717) is 25.7 Å². The number of piperidine rings is 2. The van der Waals surface area contributed by atoms with Gasteiger partial charge in [0.15, 0.2) is 0 Å². The van der Waals surface area contributed by atoms with Crippen molar-refractivity contribution >= 4 is 21.4 Å². The Morgan fingerprint density at radius 1 is 1.22 bits per heavy atom. The molecule has 3 heterocycles. The second-order valence-corrected chi connectivity index (χ2v) is 9.75. The van der Waals surface area contributed by atoms with Gasteiger partial charge in [-0.1, -0.05) is 0 Å². The quantitative estimate of drug-likeness (QED) is 0.892. The molecule has 0 saturated carbocycles. The molecule has 130 valence electrons. The number of thiophene rings is 1. The maximum Gasteiger partial charge on any atom is 0.211 e. The van der Waals surface area contributed by atoms with E-state index < -0.39 is 10.0 Å². The predicted octanol–water partition coefficient (Wildman–Crippen LogP) is 1.63. The van der Waals surface area contributed by atoms with E-state index >= 15 is 0 Å². The van der Waals surface area contributed by atoms with Crippen LogP contribution in [0, 0.1) is 6.92 Å². The lowest BCUT2D eigenvalue weighted by atomic mass is 9.89. The van der Waals surface area contributed by atoms with Gasteiger partial charge in [0.05, 0.1) is 12.4 Å². The molecule has 0 aliphatic carbocycles. The van der Waals surface area contributed by atoms with Crippen molar-refractivity contribution in [2.45, 2.75) is 44.2 Å². The molecular weight excluding hydrogens is 332 g/mol. The lowest BCUT2D eigenvalue weighted by Crippen LogP contribution is -2.52.